The standard InChI is InChI=1S/C22H18AsFN6O2/c23-19-17(6-13(8-25)9-28-19)29-21(32)22(4-1-5-22)15-2-3-18(27-11-15)30-20(31)14-7-16(24)12-26-10-14/h2-3,6-7,9-12H,1,4-5,23H2,(H,29,32)(H,27,30,31). The van der Waals surface area contributed by atoms with Crippen LogP contribution in [0.1, 0.15) is 40.7 Å². The molecule has 0 saturated heterocycles. The Morgan fingerprint density at radius 1 is 1.09 bits per heavy atom. The van der Waals surface area contributed by atoms with Gasteiger partial charge in [0.2, 0.25) is 0 Å². The van der Waals surface area contributed by atoms with E-state index in [1.807, 2.05) is 6.07 Å². The van der Waals surface area contributed by atoms with Crippen LogP contribution in [-0.4, -0.2) is 43.6 Å². The molecule has 0 aliphatic heterocycles. The van der Waals surface area contributed by atoms with E-state index in [0.717, 1.165) is 24.2 Å². The molecule has 1 fully saturated rings. The molecule has 0 bridgehead atoms. The third-order valence-corrected chi connectivity index (χ3v) is 6.43. The number of nitrogens with zero attached hydrogens (tertiary/aromatic N) is 4. The average molecular weight is 492 g/mol. The van der Waals surface area contributed by atoms with E-state index in [1.165, 1.54) is 29.2 Å². The van der Waals surface area contributed by atoms with E-state index >= 15 is 0 Å². The molecule has 1 saturated carbocycles. The van der Waals surface area contributed by atoms with Crippen LogP contribution in [0.4, 0.5) is 15.9 Å². The first kappa shape index (κ1) is 21.6. The predicted molar refractivity (Wildman–Crippen MR) is 118 cm³/mol. The Morgan fingerprint density at radius 3 is 2.53 bits per heavy atom. The van der Waals surface area contributed by atoms with Crippen LogP contribution in [0.2, 0.25) is 0 Å². The number of carbonyl (C=O) groups is 2. The van der Waals surface area contributed by atoms with Crippen LogP contribution in [0.15, 0.2) is 49.1 Å². The Morgan fingerprint density at radius 2 is 1.91 bits per heavy atom. The quantitative estimate of drug-likeness (QED) is 0.521. The summed E-state index contributed by atoms with van der Waals surface area (Å²) in [6.45, 7) is 0. The second-order valence-corrected chi connectivity index (χ2v) is 8.58. The number of hydrogen-bond donors (Lipinski definition) is 2. The van der Waals surface area contributed by atoms with Crippen LogP contribution in [0, 0.1) is 17.1 Å². The SMILES string of the molecule is N#Cc1cnc([AsH2])c(NC(=O)C2(c3ccc(NC(=O)c4cncc(F)c4)nc3)CCC2)c1. The monoisotopic (exact) mass is 492 g/mol. The zero-order valence-electron chi connectivity index (χ0n) is 16.8. The van der Waals surface area contributed by atoms with Gasteiger partial charge in [-0.05, 0) is 6.07 Å². The summed E-state index contributed by atoms with van der Waals surface area (Å²) in [5.41, 5.74) is 0.986. The molecule has 160 valence electrons. The molecule has 2 N–H and O–H groups in total. The topological polar surface area (TPSA) is 121 Å². The van der Waals surface area contributed by atoms with Gasteiger partial charge in [-0.1, -0.05) is 0 Å². The minimum atomic E-state index is -0.732. The van der Waals surface area contributed by atoms with E-state index in [4.69, 9.17) is 5.26 Å². The second-order valence-electron chi connectivity index (χ2n) is 7.44. The van der Waals surface area contributed by atoms with Gasteiger partial charge in [-0.15, -0.1) is 0 Å². The van der Waals surface area contributed by atoms with Crippen LogP contribution in [0.25, 0.3) is 0 Å². The van der Waals surface area contributed by atoms with Gasteiger partial charge in [0.1, 0.15) is 5.82 Å². The number of hydrogen-bond acceptors (Lipinski definition) is 6. The zero-order chi connectivity index (χ0) is 22.7. The molecule has 2 amide bonds. The maximum atomic E-state index is 13.3. The molecular weight excluding hydrogens is 474 g/mol. The van der Waals surface area contributed by atoms with Gasteiger partial charge in [-0.2, -0.15) is 0 Å². The van der Waals surface area contributed by atoms with Crippen LogP contribution in [0.3, 0.4) is 0 Å². The van der Waals surface area contributed by atoms with E-state index < -0.39 is 17.1 Å². The molecule has 32 heavy (non-hydrogen) atoms. The molecule has 1 unspecified atom stereocenters. The molecule has 8 nitrogen and oxygen atoms in total. The predicted octanol–water partition coefficient (Wildman–Crippen LogP) is 1.45. The van der Waals surface area contributed by atoms with Crippen molar-refractivity contribution in [2.45, 2.75) is 24.7 Å². The Kier molecular flexibility index (Phi) is 5.97. The molecular formula is C22H18AsFN6O2. The molecule has 0 spiro atoms. The van der Waals surface area contributed by atoms with Gasteiger partial charge in [0.25, 0.3) is 0 Å². The second kappa shape index (κ2) is 8.85. The maximum absolute atomic E-state index is 13.3. The van der Waals surface area contributed by atoms with E-state index in [0.29, 0.717) is 28.6 Å². The summed E-state index contributed by atoms with van der Waals surface area (Å²) < 4.78 is 14.0. The summed E-state index contributed by atoms with van der Waals surface area (Å²) in [5, 5.41) is 14.6. The van der Waals surface area contributed by atoms with Gasteiger partial charge in [-0.3, -0.25) is 4.98 Å². The molecule has 1 aliphatic rings. The van der Waals surface area contributed by atoms with Gasteiger partial charge in [-0.25, -0.2) is 4.39 Å². The first-order chi connectivity index (χ1) is 15.4. The van der Waals surface area contributed by atoms with E-state index in [1.54, 1.807) is 24.4 Å². The van der Waals surface area contributed by atoms with Crippen molar-refractivity contribution in [1.82, 2.24) is 15.0 Å². The van der Waals surface area contributed by atoms with Crippen molar-refractivity contribution in [3.8, 4) is 6.07 Å². The van der Waals surface area contributed by atoms with E-state index in [-0.39, 0.29) is 17.3 Å². The van der Waals surface area contributed by atoms with Crippen molar-refractivity contribution in [2.24, 2.45) is 0 Å². The van der Waals surface area contributed by atoms with E-state index in [2.05, 4.69) is 25.6 Å². The number of rotatable bonds is 5. The van der Waals surface area contributed by atoms with Crippen molar-refractivity contribution in [3.05, 3.63) is 71.6 Å². The number of pyridine rings is 3. The summed E-state index contributed by atoms with van der Waals surface area (Å²) in [5.74, 6) is -1.03. The van der Waals surface area contributed by atoms with Crippen LogP contribution >= 0.6 is 0 Å². The fraction of sp³-hybridized carbons (Fsp3) is 0.182. The first-order valence-corrected chi connectivity index (χ1v) is 11.0. The normalized spacial score (nSPS) is 14.0. The Balaban J connectivity index is 1.51. The van der Waals surface area contributed by atoms with E-state index in [9.17, 15) is 14.0 Å². The molecule has 1 atom stereocenters. The van der Waals surface area contributed by atoms with Crippen molar-refractivity contribution in [2.75, 3.05) is 10.6 Å². The molecule has 0 radical (unpaired) electrons. The van der Waals surface area contributed by atoms with Crippen molar-refractivity contribution < 1.29 is 14.0 Å². The number of carbonyl (C=O) groups excluding carboxylic acids is 2. The molecule has 3 aromatic heterocycles. The Bertz CT molecular complexity index is 1240. The van der Waals surface area contributed by atoms with Crippen molar-refractivity contribution in [1.29, 1.82) is 5.26 Å². The Labute approximate surface area is 191 Å². The fourth-order valence-corrected chi connectivity index (χ4v) is 4.01. The summed E-state index contributed by atoms with van der Waals surface area (Å²) >= 11 is 1.25. The fourth-order valence-electron chi connectivity index (χ4n) is 3.53. The number of nitrogens with one attached hydrogen (secondary N) is 2. The summed E-state index contributed by atoms with van der Waals surface area (Å²) in [7, 11) is 0. The van der Waals surface area contributed by atoms with Gasteiger partial charge < -0.3 is 0 Å². The molecule has 0 aromatic carbocycles. The zero-order valence-corrected chi connectivity index (χ0v) is 19.2. The summed E-state index contributed by atoms with van der Waals surface area (Å²) in [6.07, 6.45) is 7.55. The number of aromatic nitrogens is 3. The number of amides is 2. The van der Waals surface area contributed by atoms with Crippen LogP contribution in [-0.2, 0) is 10.2 Å². The van der Waals surface area contributed by atoms with Gasteiger partial charge in [0, 0.05) is 6.20 Å². The molecule has 10 heteroatoms. The van der Waals surface area contributed by atoms with Crippen LogP contribution in [0.5, 0.6) is 0 Å². The number of nitriles is 1. The van der Waals surface area contributed by atoms with Gasteiger partial charge in [0.05, 0.1) is 6.20 Å². The summed E-state index contributed by atoms with van der Waals surface area (Å²) in [4.78, 5) is 37.6. The molecule has 3 heterocycles. The summed E-state index contributed by atoms with van der Waals surface area (Å²) in [6, 6.07) is 8.10. The third kappa shape index (κ3) is 4.23. The minimum absolute atomic E-state index is 0.0795. The molecule has 3 aromatic rings. The molecule has 1 aliphatic carbocycles. The van der Waals surface area contributed by atoms with Gasteiger partial charge >= 0.3 is 158 Å². The molecule has 4 rings (SSSR count). The average Bonchev–Trinajstić information content (AvgIpc) is 2.75. The van der Waals surface area contributed by atoms with Crippen LogP contribution < -0.4 is 15.1 Å². The third-order valence-electron chi connectivity index (χ3n) is 5.46. The Hall–Kier alpha value is -3.63. The van der Waals surface area contributed by atoms with Gasteiger partial charge in [0.15, 0.2) is 0 Å². The number of anilines is 2. The first-order valence-electron chi connectivity index (χ1n) is 9.77. The van der Waals surface area contributed by atoms with Crippen molar-refractivity contribution >= 4 is 44.7 Å². The van der Waals surface area contributed by atoms with Crippen molar-refractivity contribution in [3.63, 3.8) is 0 Å². The number of halogens is 1.